The molecule has 0 bridgehead atoms. The van der Waals surface area contributed by atoms with Gasteiger partial charge in [-0.25, -0.2) is 19.7 Å². The van der Waals surface area contributed by atoms with Crippen LogP contribution in [0.25, 0.3) is 0 Å². The monoisotopic (exact) mass is 603 g/mol. The number of hydrogen-bond donors (Lipinski definition) is 3. The van der Waals surface area contributed by atoms with Gasteiger partial charge in [-0.3, -0.25) is 4.79 Å². The number of amides is 2. The summed E-state index contributed by atoms with van der Waals surface area (Å²) in [5, 5.41) is 8.58. The SMILES string of the molecule is Cc1ccc(NC(=O)c2cccc(C(F)(F)F)c2)cc1N1CCc2nc(Nc3ccc(OC(=O)NC4CC4)nc3)ncc2C1. The van der Waals surface area contributed by atoms with Crippen molar-refractivity contribution in [3.63, 3.8) is 0 Å². The first-order valence-corrected chi connectivity index (χ1v) is 14.0. The highest BCUT2D eigenvalue weighted by molar-refractivity contribution is 6.04. The van der Waals surface area contributed by atoms with Gasteiger partial charge < -0.3 is 25.6 Å². The molecule has 0 unspecified atom stereocenters. The van der Waals surface area contributed by atoms with Crippen LogP contribution in [0.2, 0.25) is 0 Å². The molecule has 1 saturated carbocycles. The van der Waals surface area contributed by atoms with E-state index < -0.39 is 23.7 Å². The quantitative estimate of drug-likeness (QED) is 0.235. The first kappa shape index (κ1) is 28.9. The molecule has 0 spiro atoms. The molecule has 0 atom stereocenters. The fourth-order valence-electron chi connectivity index (χ4n) is 4.81. The number of aryl methyl sites for hydroxylation is 1. The summed E-state index contributed by atoms with van der Waals surface area (Å²) in [5.74, 6) is -0.0240. The van der Waals surface area contributed by atoms with Gasteiger partial charge in [-0.1, -0.05) is 12.1 Å². The van der Waals surface area contributed by atoms with Crippen LogP contribution in [0.5, 0.6) is 5.88 Å². The maximum atomic E-state index is 13.1. The van der Waals surface area contributed by atoms with Crippen molar-refractivity contribution in [2.24, 2.45) is 0 Å². The van der Waals surface area contributed by atoms with Crippen LogP contribution in [0.1, 0.15) is 45.6 Å². The Balaban J connectivity index is 1.09. The molecule has 2 amide bonds. The number of benzene rings is 2. The van der Waals surface area contributed by atoms with E-state index in [1.54, 1.807) is 24.4 Å². The molecule has 1 aliphatic heterocycles. The number of halogens is 3. The van der Waals surface area contributed by atoms with Gasteiger partial charge in [-0.05, 0) is 61.7 Å². The zero-order chi connectivity index (χ0) is 30.8. The van der Waals surface area contributed by atoms with Gasteiger partial charge in [0.1, 0.15) is 0 Å². The van der Waals surface area contributed by atoms with Crippen LogP contribution in [0.3, 0.4) is 0 Å². The van der Waals surface area contributed by atoms with Crippen molar-refractivity contribution in [2.45, 2.75) is 44.9 Å². The van der Waals surface area contributed by atoms with E-state index >= 15 is 0 Å². The van der Waals surface area contributed by atoms with E-state index in [0.717, 1.165) is 47.5 Å². The van der Waals surface area contributed by atoms with E-state index in [0.29, 0.717) is 36.8 Å². The number of rotatable bonds is 7. The van der Waals surface area contributed by atoms with E-state index in [2.05, 4.69) is 35.8 Å². The molecular weight excluding hydrogens is 575 g/mol. The Morgan fingerprint density at radius 3 is 2.57 bits per heavy atom. The van der Waals surface area contributed by atoms with Crippen molar-refractivity contribution in [1.29, 1.82) is 0 Å². The highest BCUT2D eigenvalue weighted by Gasteiger charge is 2.31. The molecule has 1 fully saturated rings. The zero-order valence-electron chi connectivity index (χ0n) is 23.6. The van der Waals surface area contributed by atoms with Crippen molar-refractivity contribution < 1.29 is 27.5 Å². The lowest BCUT2D eigenvalue weighted by molar-refractivity contribution is -0.137. The number of alkyl halides is 3. The largest absolute Gasteiger partial charge is 0.416 e. The minimum atomic E-state index is -4.54. The summed E-state index contributed by atoms with van der Waals surface area (Å²) in [6, 6.07) is 13.2. The van der Waals surface area contributed by atoms with Gasteiger partial charge in [-0.15, -0.1) is 0 Å². The van der Waals surface area contributed by atoms with Crippen LogP contribution in [0, 0.1) is 6.92 Å². The Morgan fingerprint density at radius 1 is 1.00 bits per heavy atom. The number of carbonyl (C=O) groups excluding carboxylic acids is 2. The van der Waals surface area contributed by atoms with Gasteiger partial charge >= 0.3 is 12.3 Å². The Kier molecular flexibility index (Phi) is 7.77. The maximum Gasteiger partial charge on any atom is 0.416 e. The average molecular weight is 604 g/mol. The standard InChI is InChI=1S/C31H28F3N7O3/c1-18-5-6-23(37-28(42)19-3-2-4-21(13-19)31(32,33)34)14-26(18)41-12-11-25-20(17-41)15-36-29(40-25)38-24-9-10-27(35-16-24)44-30(43)39-22-7-8-22/h2-6,9-10,13-16,22H,7-8,11-12,17H2,1H3,(H,37,42)(H,39,43)(H,36,38,40). The fourth-order valence-corrected chi connectivity index (χ4v) is 4.81. The molecule has 2 aliphatic rings. The second-order valence-electron chi connectivity index (χ2n) is 10.7. The highest BCUT2D eigenvalue weighted by atomic mass is 19.4. The summed E-state index contributed by atoms with van der Waals surface area (Å²) in [5.41, 5.74) is 3.87. The van der Waals surface area contributed by atoms with Crippen LogP contribution in [0.4, 0.5) is 41.0 Å². The molecule has 6 rings (SSSR count). The lowest BCUT2D eigenvalue weighted by Gasteiger charge is -2.31. The molecule has 0 saturated heterocycles. The second-order valence-corrected chi connectivity index (χ2v) is 10.7. The summed E-state index contributed by atoms with van der Waals surface area (Å²) < 4.78 is 44.5. The topological polar surface area (TPSA) is 121 Å². The number of carbonyl (C=O) groups is 2. The first-order valence-electron chi connectivity index (χ1n) is 14.0. The van der Waals surface area contributed by atoms with Crippen molar-refractivity contribution >= 4 is 35.0 Å². The molecule has 0 radical (unpaired) electrons. The third-order valence-corrected chi connectivity index (χ3v) is 7.28. The van der Waals surface area contributed by atoms with E-state index in [1.165, 1.54) is 18.3 Å². The Hall–Kier alpha value is -5.20. The van der Waals surface area contributed by atoms with E-state index in [4.69, 9.17) is 4.74 Å². The van der Waals surface area contributed by atoms with Crippen LogP contribution in [-0.2, 0) is 19.1 Å². The number of nitrogens with one attached hydrogen (secondary N) is 3. The predicted molar refractivity (Wildman–Crippen MR) is 157 cm³/mol. The van der Waals surface area contributed by atoms with E-state index in [-0.39, 0.29) is 17.5 Å². The number of anilines is 4. The maximum absolute atomic E-state index is 13.1. The Morgan fingerprint density at radius 2 is 1.82 bits per heavy atom. The fraction of sp³-hybridized carbons (Fsp3) is 0.258. The second kappa shape index (κ2) is 11.8. The summed E-state index contributed by atoms with van der Waals surface area (Å²) in [6.07, 6.45) is 0.816. The number of pyridine rings is 1. The summed E-state index contributed by atoms with van der Waals surface area (Å²) in [6.45, 7) is 3.15. The lowest BCUT2D eigenvalue weighted by atomic mass is 10.0. The summed E-state index contributed by atoms with van der Waals surface area (Å²) in [4.78, 5) is 40.0. The minimum Gasteiger partial charge on any atom is -0.391 e. The molecule has 226 valence electrons. The average Bonchev–Trinajstić information content (AvgIpc) is 3.82. The number of ether oxygens (including phenoxy) is 1. The van der Waals surface area contributed by atoms with Gasteiger partial charge in [0.15, 0.2) is 0 Å². The minimum absolute atomic E-state index is 0.0771. The number of fused-ring (bicyclic) bond motifs is 1. The van der Waals surface area contributed by atoms with Gasteiger partial charge in [0, 0.05) is 60.3 Å². The Labute approximate surface area is 250 Å². The van der Waals surface area contributed by atoms with Crippen molar-refractivity contribution in [2.75, 3.05) is 22.1 Å². The van der Waals surface area contributed by atoms with Crippen molar-refractivity contribution in [3.8, 4) is 5.88 Å². The molecular formula is C31H28F3N7O3. The van der Waals surface area contributed by atoms with Gasteiger partial charge in [0.25, 0.3) is 5.91 Å². The molecule has 4 aromatic rings. The summed E-state index contributed by atoms with van der Waals surface area (Å²) in [7, 11) is 0. The molecule has 10 nitrogen and oxygen atoms in total. The highest BCUT2D eigenvalue weighted by Crippen LogP contribution is 2.31. The van der Waals surface area contributed by atoms with Crippen molar-refractivity contribution in [3.05, 3.63) is 94.9 Å². The van der Waals surface area contributed by atoms with Gasteiger partial charge in [0.05, 0.1) is 23.1 Å². The summed E-state index contributed by atoms with van der Waals surface area (Å²) >= 11 is 0. The zero-order valence-corrected chi connectivity index (χ0v) is 23.6. The smallest absolute Gasteiger partial charge is 0.391 e. The van der Waals surface area contributed by atoms with Crippen molar-refractivity contribution in [1.82, 2.24) is 20.3 Å². The molecule has 3 heterocycles. The lowest BCUT2D eigenvalue weighted by Crippen LogP contribution is -2.32. The first-order chi connectivity index (χ1) is 21.1. The number of aromatic nitrogens is 3. The molecule has 1 aliphatic carbocycles. The normalized spacial score (nSPS) is 14.4. The molecule has 44 heavy (non-hydrogen) atoms. The van der Waals surface area contributed by atoms with Crippen LogP contribution < -0.4 is 25.6 Å². The number of hydrogen-bond acceptors (Lipinski definition) is 8. The number of nitrogens with zero attached hydrogens (tertiary/aromatic N) is 4. The third kappa shape index (κ3) is 6.88. The van der Waals surface area contributed by atoms with E-state index in [1.807, 2.05) is 19.1 Å². The molecule has 13 heteroatoms. The molecule has 2 aromatic heterocycles. The Bertz CT molecular complexity index is 1710. The van der Waals surface area contributed by atoms with Gasteiger partial charge in [-0.2, -0.15) is 13.2 Å². The predicted octanol–water partition coefficient (Wildman–Crippen LogP) is 6.01. The van der Waals surface area contributed by atoms with E-state index in [9.17, 15) is 22.8 Å². The third-order valence-electron chi connectivity index (χ3n) is 7.28. The van der Waals surface area contributed by atoms with Gasteiger partial charge in [0.2, 0.25) is 11.8 Å². The van der Waals surface area contributed by atoms with Crippen LogP contribution >= 0.6 is 0 Å². The van der Waals surface area contributed by atoms with Crippen LogP contribution in [-0.4, -0.2) is 39.5 Å². The van der Waals surface area contributed by atoms with Crippen LogP contribution in [0.15, 0.2) is 67.0 Å². The molecule has 3 N–H and O–H groups in total. The molecule has 2 aromatic carbocycles.